The molecule has 0 aromatic heterocycles. The Labute approximate surface area is 383 Å². The zero-order valence-electron chi connectivity index (χ0n) is 30.4. The van der Waals surface area contributed by atoms with E-state index >= 15 is 0 Å². The van der Waals surface area contributed by atoms with Crippen LogP contribution in [0.15, 0.2) is 135 Å². The summed E-state index contributed by atoms with van der Waals surface area (Å²) >= 11 is 0. The minimum absolute atomic E-state index is 0. The Balaban J connectivity index is 0.000000304. The number of hydrogen-bond acceptors (Lipinski definition) is 15. The maximum Gasteiger partial charge on any atom is 3.00 e. The second kappa shape index (κ2) is 19.6. The number of rotatable bonds is 7. The van der Waals surface area contributed by atoms with Crippen molar-refractivity contribution in [1.82, 2.24) is 0 Å². The van der Waals surface area contributed by atoms with Gasteiger partial charge in [-0.05, 0) is 46.8 Å². The molecule has 7 aromatic carbocycles. The molecule has 0 amide bonds. The Morgan fingerprint density at radius 1 is 0.534 bits per heavy atom. The van der Waals surface area contributed by atoms with Crippen LogP contribution in [0.5, 0.6) is 23.0 Å². The number of hydrogen-bond donors (Lipinski definition) is 0. The Hall–Kier alpha value is -5.04. The first-order valence-electron chi connectivity index (χ1n) is 15.7. The molecule has 0 aliphatic carbocycles. The van der Waals surface area contributed by atoms with Gasteiger partial charge in [0.1, 0.15) is 10.1 Å². The third-order valence-electron chi connectivity index (χ3n) is 8.21. The van der Waals surface area contributed by atoms with Crippen LogP contribution < -0.4 is 79.5 Å². The summed E-state index contributed by atoms with van der Waals surface area (Å²) in [6.07, 6.45) is 0. The molecule has 0 unspecified atom stereocenters. The molecule has 0 saturated carbocycles. The van der Waals surface area contributed by atoms with Crippen molar-refractivity contribution in [3.8, 4) is 23.0 Å². The van der Waals surface area contributed by atoms with Crippen molar-refractivity contribution in [2.24, 2.45) is 20.5 Å². The van der Waals surface area contributed by atoms with E-state index in [2.05, 4.69) is 20.5 Å². The van der Waals surface area contributed by atoms with Crippen molar-refractivity contribution >= 4 is 76.6 Å². The molecule has 7 rings (SSSR count). The molecule has 0 fully saturated rings. The largest absolute Gasteiger partial charge is 3.00 e. The Morgan fingerprint density at radius 2 is 1.07 bits per heavy atom. The molecule has 0 heterocycles. The number of nitro benzene ring substituents is 2. The van der Waals surface area contributed by atoms with Crippen LogP contribution >= 0.6 is 0 Å². The van der Waals surface area contributed by atoms with Gasteiger partial charge in [0.15, 0.2) is 0 Å². The molecule has 0 spiro atoms. The second-order valence-electron chi connectivity index (χ2n) is 11.7. The molecule has 1 radical (unpaired) electrons. The smallest absolute Gasteiger partial charge is 0.871 e. The van der Waals surface area contributed by atoms with E-state index in [4.69, 9.17) is 0 Å². The van der Waals surface area contributed by atoms with E-state index in [1.165, 1.54) is 6.07 Å². The molecule has 279 valence electrons. The minimum atomic E-state index is -5.11. The van der Waals surface area contributed by atoms with Crippen LogP contribution in [0.1, 0.15) is 5.56 Å². The van der Waals surface area contributed by atoms with Gasteiger partial charge in [-0.3, -0.25) is 20.2 Å². The topological polar surface area (TPSA) is 285 Å². The van der Waals surface area contributed by atoms with Gasteiger partial charge in [0.25, 0.3) is 11.4 Å². The van der Waals surface area contributed by atoms with Crippen molar-refractivity contribution in [1.29, 1.82) is 0 Å². The molecular formula is C37H21CrN6Na2O11S. The van der Waals surface area contributed by atoms with Gasteiger partial charge in [-0.1, -0.05) is 89.7 Å². The molecule has 0 saturated heterocycles. The Morgan fingerprint density at radius 3 is 1.71 bits per heavy atom. The average molecular weight is 856 g/mol. The van der Waals surface area contributed by atoms with Gasteiger partial charge in [-0.15, -0.1) is 0 Å². The van der Waals surface area contributed by atoms with Crippen LogP contribution in [0.25, 0.3) is 32.3 Å². The first-order valence-corrected chi connectivity index (χ1v) is 17.1. The van der Waals surface area contributed by atoms with E-state index in [1.807, 2.05) is 19.1 Å². The summed E-state index contributed by atoms with van der Waals surface area (Å²) in [5.74, 6) is -2.20. The van der Waals surface area contributed by atoms with Gasteiger partial charge in [0.2, 0.25) is 0 Å². The zero-order valence-corrected chi connectivity index (χ0v) is 36.5. The predicted octanol–water partition coefficient (Wildman–Crippen LogP) is 0.992. The standard InChI is InChI=1S/C20H13N3O7S.C17H13N3O4.Cr.2Na/c24-16-8-5-11-3-1-2-4-13(11)19(16)21-22-20-14-7-6-12(23(26)27)9-15(14)18(10-17(20)25)31(28,29)30;1-10-8-15(17(22)13-5-3-2-4-12(10)13)19-18-14-9-11(20(23)24)6-7-16(14)21;;;/h1-10,24-25H,(H,28,29,30);2-9,21-22H,1H3;;;/q;;+3;2*+1/p-5. The second-order valence-corrected chi connectivity index (χ2v) is 13.0. The molecule has 17 nitrogen and oxygen atoms in total. The van der Waals surface area contributed by atoms with E-state index in [0.717, 1.165) is 47.3 Å². The molecular weight excluding hydrogens is 834 g/mol. The van der Waals surface area contributed by atoms with Crippen molar-refractivity contribution in [3.63, 3.8) is 0 Å². The van der Waals surface area contributed by atoms with Crippen molar-refractivity contribution in [3.05, 3.63) is 135 Å². The number of non-ortho nitro benzene ring substituents is 2. The molecule has 0 N–H and O–H groups in total. The molecule has 0 aliphatic heterocycles. The summed E-state index contributed by atoms with van der Waals surface area (Å²) in [6.45, 7) is 1.84. The molecule has 58 heavy (non-hydrogen) atoms. The number of aryl methyl sites for hydroxylation is 1. The summed E-state index contributed by atoms with van der Waals surface area (Å²) in [5, 5.41) is 88.2. The van der Waals surface area contributed by atoms with E-state index in [1.54, 1.807) is 48.5 Å². The third kappa shape index (κ3) is 10.1. The molecule has 0 bridgehead atoms. The fourth-order valence-corrected chi connectivity index (χ4v) is 6.28. The number of benzene rings is 7. The number of nitro groups is 2. The summed E-state index contributed by atoms with van der Waals surface area (Å²) in [7, 11) is -5.11. The van der Waals surface area contributed by atoms with Crippen molar-refractivity contribution in [2.45, 2.75) is 11.8 Å². The van der Waals surface area contributed by atoms with Gasteiger partial charge < -0.3 is 25.0 Å². The van der Waals surface area contributed by atoms with E-state index in [9.17, 15) is 53.6 Å². The van der Waals surface area contributed by atoms with E-state index in [-0.39, 0.29) is 121 Å². The summed E-state index contributed by atoms with van der Waals surface area (Å²) in [5.41, 5.74) is -0.389. The fourth-order valence-electron chi connectivity index (χ4n) is 5.59. The van der Waals surface area contributed by atoms with Gasteiger partial charge in [-0.2, -0.15) is 20.5 Å². The van der Waals surface area contributed by atoms with Gasteiger partial charge in [0, 0.05) is 40.4 Å². The molecule has 0 atom stereocenters. The number of azo groups is 2. The van der Waals surface area contributed by atoms with Gasteiger partial charge in [-0.25, -0.2) is 8.42 Å². The summed E-state index contributed by atoms with van der Waals surface area (Å²) in [6, 6.07) is 25.2. The molecule has 21 heteroatoms. The summed E-state index contributed by atoms with van der Waals surface area (Å²) < 4.78 is 34.8. The van der Waals surface area contributed by atoms with Crippen LogP contribution in [0.2, 0.25) is 0 Å². The Bertz CT molecular complexity index is 2900. The summed E-state index contributed by atoms with van der Waals surface area (Å²) in [4.78, 5) is 19.5. The minimum Gasteiger partial charge on any atom is -0.871 e. The third-order valence-corrected chi connectivity index (χ3v) is 9.09. The van der Waals surface area contributed by atoms with E-state index < -0.39 is 47.8 Å². The van der Waals surface area contributed by atoms with Crippen LogP contribution in [-0.2, 0) is 27.5 Å². The van der Waals surface area contributed by atoms with Crippen molar-refractivity contribution in [2.75, 3.05) is 0 Å². The van der Waals surface area contributed by atoms with Gasteiger partial charge in [0.05, 0.1) is 37.5 Å². The molecule has 7 aromatic rings. The number of nitrogens with zero attached hydrogens (tertiary/aromatic N) is 6. The first-order chi connectivity index (χ1) is 26.1. The van der Waals surface area contributed by atoms with Crippen LogP contribution in [0, 0.1) is 27.2 Å². The first kappa shape index (κ1) is 47.3. The fraction of sp³-hybridized carbons (Fsp3) is 0.0270. The SMILES string of the molecule is Cc1cc(N=Nc2cc([N+](=O)[O-])ccc2[O-])c([O-])c2ccccc12.O=[N+]([O-])c1ccc2c(N=Nc3c([O-])ccc4ccccc34)c([O-])cc(S(=O)(=O)[O-])c2c1.[Cr+3].[Na+].[Na+]. The quantitative estimate of drug-likeness (QED) is 0.0716. The van der Waals surface area contributed by atoms with Crippen LogP contribution in [0.4, 0.5) is 34.1 Å². The predicted molar refractivity (Wildman–Crippen MR) is 190 cm³/mol. The maximum absolute atomic E-state index is 12.5. The molecule has 0 aliphatic rings. The monoisotopic (exact) mass is 855 g/mol. The Kier molecular flexibility index (Phi) is 16.0. The van der Waals surface area contributed by atoms with E-state index in [0.29, 0.717) is 22.2 Å². The normalized spacial score (nSPS) is 11.1. The maximum atomic E-state index is 12.5. The van der Waals surface area contributed by atoms with Crippen molar-refractivity contribution < 1.29 is 120 Å². The van der Waals surface area contributed by atoms with Crippen LogP contribution in [0.3, 0.4) is 0 Å². The van der Waals surface area contributed by atoms with Crippen LogP contribution in [-0.4, -0.2) is 22.8 Å². The zero-order chi connectivity index (χ0) is 39.6. The average Bonchev–Trinajstić information content (AvgIpc) is 3.15. The van der Waals surface area contributed by atoms with Gasteiger partial charge >= 0.3 is 76.5 Å². The number of fused-ring (bicyclic) bond motifs is 3.